The van der Waals surface area contributed by atoms with E-state index in [4.69, 9.17) is 11.5 Å². The van der Waals surface area contributed by atoms with Crippen molar-refractivity contribution in [2.24, 2.45) is 0 Å². The van der Waals surface area contributed by atoms with Crippen LogP contribution in [0.5, 0.6) is 0 Å². The van der Waals surface area contributed by atoms with Gasteiger partial charge in [0.1, 0.15) is 6.54 Å². The Morgan fingerprint density at radius 3 is 2.94 bits per heavy atom. The molecule has 8 heteroatoms. The van der Waals surface area contributed by atoms with Crippen LogP contribution in [-0.2, 0) is 11.2 Å². The van der Waals surface area contributed by atoms with Crippen molar-refractivity contribution < 1.29 is 19.2 Å². The van der Waals surface area contributed by atoms with Gasteiger partial charge in [0.2, 0.25) is 6.39 Å². The number of urea groups is 1. The van der Waals surface area contributed by atoms with Gasteiger partial charge in [0.25, 0.3) is 0 Å². The lowest BCUT2D eigenvalue weighted by Gasteiger charge is -2.18. The highest BCUT2D eigenvalue weighted by Gasteiger charge is 2.15. The normalized spacial score (nSPS) is 9.50. The van der Waals surface area contributed by atoms with E-state index in [2.05, 4.69) is 25.9 Å². The molecule has 1 aromatic rings. The van der Waals surface area contributed by atoms with Crippen molar-refractivity contribution in [2.45, 2.75) is 6.42 Å². The zero-order valence-corrected chi connectivity index (χ0v) is 9.50. The van der Waals surface area contributed by atoms with E-state index in [1.54, 1.807) is 0 Å². The molecule has 0 aliphatic heterocycles. The summed E-state index contributed by atoms with van der Waals surface area (Å²) in [6, 6.07) is -0.543. The molecule has 0 aromatic carbocycles. The molecule has 1 rings (SSSR count). The summed E-state index contributed by atoms with van der Waals surface area (Å²) in [7, 11) is 0. The third-order valence-electron chi connectivity index (χ3n) is 1.93. The van der Waals surface area contributed by atoms with Crippen LogP contribution in [0.3, 0.4) is 0 Å². The highest BCUT2D eigenvalue weighted by molar-refractivity contribution is 5.80. The monoisotopic (exact) mass is 252 g/mol. The molecule has 18 heavy (non-hydrogen) atoms. The van der Waals surface area contributed by atoms with E-state index in [9.17, 15) is 9.59 Å². The molecule has 1 heterocycles. The molecule has 0 fully saturated rings. The van der Waals surface area contributed by atoms with Gasteiger partial charge in [-0.1, -0.05) is 11.1 Å². The van der Waals surface area contributed by atoms with Gasteiger partial charge < -0.3 is 19.8 Å². The van der Waals surface area contributed by atoms with Gasteiger partial charge in [0.15, 0.2) is 5.82 Å². The maximum Gasteiger partial charge on any atom is 0.323 e. The second kappa shape index (κ2) is 6.90. The Morgan fingerprint density at radius 1 is 1.61 bits per heavy atom. The number of carboxylic acid groups (broad SMARTS) is 1. The molecule has 0 saturated carbocycles. The smallest absolute Gasteiger partial charge is 0.323 e. The molecule has 1 aromatic heterocycles. The Labute approximate surface area is 103 Å². The molecule has 0 radical (unpaired) electrons. The van der Waals surface area contributed by atoms with Gasteiger partial charge in [-0.15, -0.1) is 6.42 Å². The lowest BCUT2D eigenvalue weighted by Crippen LogP contribution is -2.43. The molecule has 0 atom stereocenters. The van der Waals surface area contributed by atoms with Crippen LogP contribution in [0, 0.1) is 12.3 Å². The molecule has 0 bridgehead atoms. The Balaban J connectivity index is 2.36. The second-order valence-corrected chi connectivity index (χ2v) is 3.28. The summed E-state index contributed by atoms with van der Waals surface area (Å²) < 4.78 is 4.52. The van der Waals surface area contributed by atoms with Crippen LogP contribution >= 0.6 is 0 Å². The summed E-state index contributed by atoms with van der Waals surface area (Å²) in [5.41, 5.74) is 0. The maximum absolute atomic E-state index is 11.6. The number of hydrogen-bond acceptors (Lipinski definition) is 5. The fraction of sp³-hybridized carbons (Fsp3) is 0.400. The minimum absolute atomic E-state index is 0.0691. The number of aliphatic carboxylic acids is 1. The fourth-order valence-corrected chi connectivity index (χ4v) is 1.17. The van der Waals surface area contributed by atoms with Crippen molar-refractivity contribution in [1.82, 2.24) is 20.4 Å². The molecule has 0 saturated heterocycles. The van der Waals surface area contributed by atoms with E-state index in [-0.39, 0.29) is 13.1 Å². The topological polar surface area (TPSA) is 109 Å². The number of aromatic nitrogens is 2. The summed E-state index contributed by atoms with van der Waals surface area (Å²) in [4.78, 5) is 26.9. The highest BCUT2D eigenvalue weighted by Crippen LogP contribution is 1.91. The van der Waals surface area contributed by atoms with E-state index in [1.807, 2.05) is 0 Å². The van der Waals surface area contributed by atoms with Gasteiger partial charge in [-0.2, -0.15) is 4.98 Å². The predicted molar refractivity (Wildman–Crippen MR) is 59.4 cm³/mol. The van der Waals surface area contributed by atoms with Crippen molar-refractivity contribution in [2.75, 3.05) is 19.6 Å². The molecule has 0 aliphatic rings. The van der Waals surface area contributed by atoms with Crippen LogP contribution in [-0.4, -0.2) is 51.8 Å². The largest absolute Gasteiger partial charge is 0.480 e. The van der Waals surface area contributed by atoms with Crippen LogP contribution in [0.4, 0.5) is 4.79 Å². The summed E-state index contributed by atoms with van der Waals surface area (Å²) in [6.45, 7) is -0.252. The van der Waals surface area contributed by atoms with Crippen LogP contribution in [0.15, 0.2) is 10.9 Å². The number of rotatable bonds is 6. The average Bonchev–Trinajstić information content (AvgIpc) is 2.81. The number of hydrogen-bond donors (Lipinski definition) is 2. The van der Waals surface area contributed by atoms with Crippen molar-refractivity contribution in [3.63, 3.8) is 0 Å². The molecule has 0 unspecified atom stereocenters. The van der Waals surface area contributed by atoms with E-state index in [0.717, 1.165) is 4.90 Å². The number of carboxylic acids is 1. The predicted octanol–water partition coefficient (Wildman–Crippen LogP) is -0.658. The second-order valence-electron chi connectivity index (χ2n) is 3.28. The van der Waals surface area contributed by atoms with Gasteiger partial charge in [-0.25, -0.2) is 4.79 Å². The first-order valence-corrected chi connectivity index (χ1v) is 5.06. The first kappa shape index (κ1) is 13.5. The molecule has 2 amide bonds. The Kier molecular flexibility index (Phi) is 5.18. The van der Waals surface area contributed by atoms with E-state index >= 15 is 0 Å². The van der Waals surface area contributed by atoms with Crippen LogP contribution < -0.4 is 5.32 Å². The zero-order chi connectivity index (χ0) is 13.4. The molecule has 0 aliphatic carbocycles. The maximum atomic E-state index is 11.6. The van der Waals surface area contributed by atoms with Crippen LogP contribution in [0.2, 0.25) is 0 Å². The Hall–Kier alpha value is -2.56. The minimum atomic E-state index is -1.13. The van der Waals surface area contributed by atoms with Gasteiger partial charge in [0, 0.05) is 13.0 Å². The number of carbonyl (C=O) groups is 2. The van der Waals surface area contributed by atoms with E-state index in [0.29, 0.717) is 12.2 Å². The molecule has 0 spiro atoms. The third kappa shape index (κ3) is 4.52. The summed E-state index contributed by atoms with van der Waals surface area (Å²) in [5, 5.41) is 14.7. The lowest BCUT2D eigenvalue weighted by atomic mass is 10.4. The number of amides is 2. The van der Waals surface area contributed by atoms with Crippen molar-refractivity contribution in [3.8, 4) is 12.3 Å². The molecule has 96 valence electrons. The van der Waals surface area contributed by atoms with E-state index in [1.165, 1.54) is 6.39 Å². The third-order valence-corrected chi connectivity index (χ3v) is 1.93. The van der Waals surface area contributed by atoms with Crippen LogP contribution in [0.1, 0.15) is 5.82 Å². The number of nitrogens with zero attached hydrogens (tertiary/aromatic N) is 3. The summed E-state index contributed by atoms with van der Waals surface area (Å²) >= 11 is 0. The van der Waals surface area contributed by atoms with Crippen molar-refractivity contribution in [1.29, 1.82) is 0 Å². The fourth-order valence-electron chi connectivity index (χ4n) is 1.17. The summed E-state index contributed by atoms with van der Waals surface area (Å²) in [6.07, 6.45) is 6.63. The van der Waals surface area contributed by atoms with Gasteiger partial charge >= 0.3 is 12.0 Å². The number of terminal acetylenes is 1. The SMILES string of the molecule is C#CCN(CC(=O)O)C(=O)NCCc1ncon1. The van der Waals surface area contributed by atoms with Gasteiger partial charge in [-0.3, -0.25) is 4.79 Å². The van der Waals surface area contributed by atoms with Gasteiger partial charge in [0.05, 0.1) is 6.54 Å². The van der Waals surface area contributed by atoms with E-state index < -0.39 is 18.5 Å². The first-order valence-electron chi connectivity index (χ1n) is 5.06. The number of carbonyl (C=O) groups excluding carboxylic acids is 1. The standard InChI is InChI=1S/C10H12N4O4/c1-2-5-14(6-9(15)16)10(17)11-4-3-8-12-7-18-13-8/h1,7H,3-6H2,(H,11,17)(H,15,16). The average molecular weight is 252 g/mol. The summed E-state index contributed by atoms with van der Waals surface area (Å²) in [5.74, 6) is 1.55. The Bertz CT molecular complexity index is 437. The molecule has 8 nitrogen and oxygen atoms in total. The molecule has 2 N–H and O–H groups in total. The lowest BCUT2D eigenvalue weighted by molar-refractivity contribution is -0.137. The molecular weight excluding hydrogens is 240 g/mol. The zero-order valence-electron chi connectivity index (χ0n) is 9.50. The van der Waals surface area contributed by atoms with Crippen molar-refractivity contribution in [3.05, 3.63) is 12.2 Å². The number of nitrogens with one attached hydrogen (secondary N) is 1. The van der Waals surface area contributed by atoms with Crippen LogP contribution in [0.25, 0.3) is 0 Å². The minimum Gasteiger partial charge on any atom is -0.480 e. The van der Waals surface area contributed by atoms with Crippen molar-refractivity contribution >= 4 is 12.0 Å². The Morgan fingerprint density at radius 2 is 2.39 bits per heavy atom. The molecular formula is C10H12N4O4. The highest BCUT2D eigenvalue weighted by atomic mass is 16.5. The quantitative estimate of drug-likeness (QED) is 0.651. The van der Waals surface area contributed by atoms with Gasteiger partial charge in [-0.05, 0) is 0 Å². The first-order chi connectivity index (χ1) is 8.63.